The molecule has 2 nitrogen and oxygen atoms in total. The largest absolute Gasteiger partial charge is 0.390 e. The standard InChI is InChI=1S/C9H17F3N2/c1-8(2-4-13-6-8)7-14-5-3-9(10,11)12/h13-14H,2-7H2,1H3. The summed E-state index contributed by atoms with van der Waals surface area (Å²) in [5, 5.41) is 6.07. The van der Waals surface area contributed by atoms with Gasteiger partial charge in [0.15, 0.2) is 0 Å². The Morgan fingerprint density at radius 2 is 2.14 bits per heavy atom. The zero-order valence-corrected chi connectivity index (χ0v) is 8.38. The smallest absolute Gasteiger partial charge is 0.316 e. The van der Waals surface area contributed by atoms with Crippen molar-refractivity contribution < 1.29 is 13.2 Å². The predicted molar refractivity (Wildman–Crippen MR) is 49.1 cm³/mol. The van der Waals surface area contributed by atoms with Gasteiger partial charge >= 0.3 is 6.18 Å². The van der Waals surface area contributed by atoms with E-state index in [1.54, 1.807) is 0 Å². The average molecular weight is 210 g/mol. The first kappa shape index (κ1) is 11.8. The zero-order valence-electron chi connectivity index (χ0n) is 8.38. The Bertz CT molecular complexity index is 173. The van der Waals surface area contributed by atoms with Gasteiger partial charge in [0.1, 0.15) is 0 Å². The van der Waals surface area contributed by atoms with Crippen molar-refractivity contribution in [3.8, 4) is 0 Å². The lowest BCUT2D eigenvalue weighted by molar-refractivity contribution is -0.133. The summed E-state index contributed by atoms with van der Waals surface area (Å²) >= 11 is 0. The van der Waals surface area contributed by atoms with Gasteiger partial charge in [-0.2, -0.15) is 13.2 Å². The van der Waals surface area contributed by atoms with Gasteiger partial charge in [0.2, 0.25) is 0 Å². The summed E-state index contributed by atoms with van der Waals surface area (Å²) in [4.78, 5) is 0. The van der Waals surface area contributed by atoms with Crippen molar-refractivity contribution in [2.45, 2.75) is 25.9 Å². The average Bonchev–Trinajstić information content (AvgIpc) is 2.45. The van der Waals surface area contributed by atoms with Crippen LogP contribution < -0.4 is 10.6 Å². The van der Waals surface area contributed by atoms with Crippen molar-refractivity contribution in [3.63, 3.8) is 0 Å². The molecule has 0 aromatic heterocycles. The van der Waals surface area contributed by atoms with Crippen LogP contribution in [0, 0.1) is 5.41 Å². The molecule has 1 unspecified atom stereocenters. The summed E-state index contributed by atoms with van der Waals surface area (Å²) in [6.07, 6.45) is -3.75. The predicted octanol–water partition coefficient (Wildman–Crippen LogP) is 1.53. The Balaban J connectivity index is 2.09. The van der Waals surface area contributed by atoms with Crippen LogP contribution in [-0.4, -0.2) is 32.4 Å². The first-order valence-corrected chi connectivity index (χ1v) is 4.90. The van der Waals surface area contributed by atoms with Crippen LogP contribution in [0.2, 0.25) is 0 Å². The Kier molecular flexibility index (Phi) is 3.78. The van der Waals surface area contributed by atoms with Crippen LogP contribution in [0.4, 0.5) is 13.2 Å². The van der Waals surface area contributed by atoms with Gasteiger partial charge in [-0.25, -0.2) is 0 Å². The SMILES string of the molecule is CC1(CNCCC(F)(F)F)CCNC1. The molecule has 0 spiro atoms. The highest BCUT2D eigenvalue weighted by Crippen LogP contribution is 2.23. The molecular weight excluding hydrogens is 193 g/mol. The molecule has 84 valence electrons. The molecule has 0 amide bonds. The molecule has 1 aliphatic heterocycles. The first-order chi connectivity index (χ1) is 6.41. The van der Waals surface area contributed by atoms with Gasteiger partial charge in [0.25, 0.3) is 0 Å². The summed E-state index contributed by atoms with van der Waals surface area (Å²) in [6, 6.07) is 0. The molecule has 0 bridgehead atoms. The van der Waals surface area contributed by atoms with Crippen molar-refractivity contribution in [3.05, 3.63) is 0 Å². The van der Waals surface area contributed by atoms with Crippen LogP contribution in [0.15, 0.2) is 0 Å². The van der Waals surface area contributed by atoms with E-state index in [0.717, 1.165) is 19.5 Å². The van der Waals surface area contributed by atoms with E-state index in [1.807, 2.05) is 0 Å². The maximum atomic E-state index is 11.8. The molecule has 0 aliphatic carbocycles. The van der Waals surface area contributed by atoms with Crippen LogP contribution in [0.1, 0.15) is 19.8 Å². The van der Waals surface area contributed by atoms with E-state index in [2.05, 4.69) is 17.6 Å². The second-order valence-electron chi connectivity index (χ2n) is 4.28. The van der Waals surface area contributed by atoms with Crippen molar-refractivity contribution in [1.29, 1.82) is 0 Å². The normalized spacial score (nSPS) is 28.3. The third-order valence-corrected chi connectivity index (χ3v) is 2.59. The molecule has 1 fully saturated rings. The van der Waals surface area contributed by atoms with Crippen LogP contribution in [-0.2, 0) is 0 Å². The fourth-order valence-electron chi connectivity index (χ4n) is 1.64. The van der Waals surface area contributed by atoms with E-state index in [-0.39, 0.29) is 12.0 Å². The van der Waals surface area contributed by atoms with Gasteiger partial charge in [0, 0.05) is 19.6 Å². The summed E-state index contributed by atoms with van der Waals surface area (Å²) < 4.78 is 35.4. The number of hydrogen-bond acceptors (Lipinski definition) is 2. The molecule has 0 saturated carbocycles. The monoisotopic (exact) mass is 210 g/mol. The molecule has 1 saturated heterocycles. The van der Waals surface area contributed by atoms with Crippen molar-refractivity contribution in [1.82, 2.24) is 10.6 Å². The molecular formula is C9H17F3N2. The molecule has 1 heterocycles. The van der Waals surface area contributed by atoms with E-state index < -0.39 is 12.6 Å². The Morgan fingerprint density at radius 3 is 2.64 bits per heavy atom. The van der Waals surface area contributed by atoms with Crippen LogP contribution >= 0.6 is 0 Å². The Hall–Kier alpha value is -0.290. The molecule has 1 aliphatic rings. The second-order valence-corrected chi connectivity index (χ2v) is 4.28. The summed E-state index contributed by atoms with van der Waals surface area (Å²) in [7, 11) is 0. The molecule has 14 heavy (non-hydrogen) atoms. The van der Waals surface area contributed by atoms with Gasteiger partial charge in [-0.15, -0.1) is 0 Å². The minimum absolute atomic E-state index is 0.0269. The highest BCUT2D eigenvalue weighted by atomic mass is 19.4. The van der Waals surface area contributed by atoms with Crippen LogP contribution in [0.5, 0.6) is 0 Å². The fraction of sp³-hybridized carbons (Fsp3) is 1.00. The van der Waals surface area contributed by atoms with Gasteiger partial charge in [-0.05, 0) is 18.4 Å². The van der Waals surface area contributed by atoms with Crippen LogP contribution in [0.3, 0.4) is 0 Å². The number of hydrogen-bond donors (Lipinski definition) is 2. The van der Waals surface area contributed by atoms with E-state index in [1.165, 1.54) is 0 Å². The van der Waals surface area contributed by atoms with Crippen molar-refractivity contribution in [2.24, 2.45) is 5.41 Å². The lowest BCUT2D eigenvalue weighted by Gasteiger charge is -2.23. The maximum Gasteiger partial charge on any atom is 0.390 e. The third-order valence-electron chi connectivity index (χ3n) is 2.59. The lowest BCUT2D eigenvalue weighted by Crippen LogP contribution is -2.35. The zero-order chi connectivity index (χ0) is 10.7. The van der Waals surface area contributed by atoms with Gasteiger partial charge in [-0.1, -0.05) is 6.92 Å². The number of alkyl halides is 3. The molecule has 0 aromatic carbocycles. The third kappa shape index (κ3) is 4.28. The molecule has 1 atom stereocenters. The molecule has 5 heteroatoms. The Morgan fingerprint density at radius 1 is 1.43 bits per heavy atom. The van der Waals surface area contributed by atoms with E-state index >= 15 is 0 Å². The number of nitrogens with one attached hydrogen (secondary N) is 2. The van der Waals surface area contributed by atoms with E-state index in [4.69, 9.17) is 0 Å². The van der Waals surface area contributed by atoms with Gasteiger partial charge in [-0.3, -0.25) is 0 Å². The highest BCUT2D eigenvalue weighted by molar-refractivity contribution is 4.85. The molecule has 0 radical (unpaired) electrons. The molecule has 0 aromatic rings. The van der Waals surface area contributed by atoms with Crippen molar-refractivity contribution in [2.75, 3.05) is 26.2 Å². The summed E-state index contributed by atoms with van der Waals surface area (Å²) in [5.74, 6) is 0. The van der Waals surface area contributed by atoms with Gasteiger partial charge in [0.05, 0.1) is 6.42 Å². The molecule has 1 rings (SSSR count). The summed E-state index contributed by atoms with van der Waals surface area (Å²) in [5.41, 5.74) is 0.131. The van der Waals surface area contributed by atoms with E-state index in [0.29, 0.717) is 6.54 Å². The quantitative estimate of drug-likeness (QED) is 0.688. The lowest BCUT2D eigenvalue weighted by atomic mass is 9.90. The van der Waals surface area contributed by atoms with Gasteiger partial charge < -0.3 is 10.6 Å². The topological polar surface area (TPSA) is 24.1 Å². The fourth-order valence-corrected chi connectivity index (χ4v) is 1.64. The van der Waals surface area contributed by atoms with Crippen molar-refractivity contribution >= 4 is 0 Å². The Labute approximate surface area is 82.2 Å². The number of rotatable bonds is 4. The van der Waals surface area contributed by atoms with E-state index in [9.17, 15) is 13.2 Å². The molecule has 2 N–H and O–H groups in total. The highest BCUT2D eigenvalue weighted by Gasteiger charge is 2.29. The summed E-state index contributed by atoms with van der Waals surface area (Å²) in [6.45, 7) is 4.65. The first-order valence-electron chi connectivity index (χ1n) is 4.90. The minimum Gasteiger partial charge on any atom is -0.316 e. The maximum absolute atomic E-state index is 11.8. The second kappa shape index (κ2) is 4.49. The number of halogens is 3. The van der Waals surface area contributed by atoms with Crippen LogP contribution in [0.25, 0.3) is 0 Å². The minimum atomic E-state index is -4.04.